The summed E-state index contributed by atoms with van der Waals surface area (Å²) in [6.45, 7) is 3.78. The number of benzene rings is 1. The van der Waals surface area contributed by atoms with E-state index in [4.69, 9.17) is 5.73 Å². The monoisotopic (exact) mass is 284 g/mol. The number of nitrogen functional groups attached to an aromatic ring is 1. The van der Waals surface area contributed by atoms with Crippen molar-refractivity contribution in [3.05, 3.63) is 47.3 Å². The predicted octanol–water partition coefficient (Wildman–Crippen LogP) is 2.60. The average molecular weight is 284 g/mol. The third kappa shape index (κ3) is 3.31. The molecule has 0 radical (unpaired) electrons. The van der Waals surface area contributed by atoms with E-state index >= 15 is 0 Å². The zero-order chi connectivity index (χ0) is 15.6. The summed E-state index contributed by atoms with van der Waals surface area (Å²) in [5.74, 6) is -0.194. The normalized spacial score (nSPS) is 10.3. The van der Waals surface area contributed by atoms with Crippen LogP contribution in [0.15, 0.2) is 30.3 Å². The summed E-state index contributed by atoms with van der Waals surface area (Å²) in [4.78, 5) is 18.5. The Balaban J connectivity index is 2.22. The molecule has 0 unspecified atom stereocenters. The van der Waals surface area contributed by atoms with Gasteiger partial charge in [0.15, 0.2) is 0 Å². The summed E-state index contributed by atoms with van der Waals surface area (Å²) >= 11 is 0. The van der Waals surface area contributed by atoms with E-state index in [2.05, 4.69) is 10.3 Å². The molecule has 5 nitrogen and oxygen atoms in total. The summed E-state index contributed by atoms with van der Waals surface area (Å²) in [7, 11) is 3.82. The Kier molecular flexibility index (Phi) is 4.12. The molecule has 21 heavy (non-hydrogen) atoms. The highest BCUT2D eigenvalue weighted by molar-refractivity contribution is 6.05. The lowest BCUT2D eigenvalue weighted by atomic mass is 10.1. The third-order valence-corrected chi connectivity index (χ3v) is 3.24. The number of hydrogen-bond donors (Lipinski definition) is 2. The molecule has 0 aliphatic carbocycles. The van der Waals surface area contributed by atoms with Gasteiger partial charge in [-0.15, -0.1) is 0 Å². The van der Waals surface area contributed by atoms with Crippen LogP contribution in [0.2, 0.25) is 0 Å². The maximum absolute atomic E-state index is 12.3. The Morgan fingerprint density at radius 1 is 1.19 bits per heavy atom. The Morgan fingerprint density at radius 3 is 2.48 bits per heavy atom. The molecular weight excluding hydrogens is 264 g/mol. The number of rotatable bonds is 3. The van der Waals surface area contributed by atoms with Crippen LogP contribution in [0.3, 0.4) is 0 Å². The van der Waals surface area contributed by atoms with E-state index in [1.807, 2.05) is 51.0 Å². The van der Waals surface area contributed by atoms with Crippen molar-refractivity contribution in [1.29, 1.82) is 0 Å². The number of nitrogens with two attached hydrogens (primary N) is 1. The molecular formula is C16H20N4O. The first-order valence-corrected chi connectivity index (χ1v) is 6.71. The molecule has 0 spiro atoms. The highest BCUT2D eigenvalue weighted by atomic mass is 16.1. The zero-order valence-corrected chi connectivity index (χ0v) is 12.8. The van der Waals surface area contributed by atoms with Crippen LogP contribution < -0.4 is 16.0 Å². The number of nitrogens with zero attached hydrogens (tertiary/aromatic N) is 2. The second-order valence-electron chi connectivity index (χ2n) is 5.21. The van der Waals surface area contributed by atoms with Crippen molar-refractivity contribution >= 4 is 23.0 Å². The fourth-order valence-corrected chi connectivity index (χ4v) is 2.12. The predicted molar refractivity (Wildman–Crippen MR) is 86.8 cm³/mol. The van der Waals surface area contributed by atoms with E-state index < -0.39 is 0 Å². The van der Waals surface area contributed by atoms with E-state index in [0.29, 0.717) is 16.9 Å². The first kappa shape index (κ1) is 14.8. The Bertz CT molecular complexity index is 680. The fourth-order valence-electron chi connectivity index (χ4n) is 2.12. The van der Waals surface area contributed by atoms with Gasteiger partial charge in [0.05, 0.1) is 22.8 Å². The van der Waals surface area contributed by atoms with Crippen LogP contribution in [0.5, 0.6) is 0 Å². The fraction of sp³-hybridized carbons (Fsp3) is 0.250. The van der Waals surface area contributed by atoms with Crippen molar-refractivity contribution in [3.8, 4) is 0 Å². The molecule has 1 amide bonds. The van der Waals surface area contributed by atoms with Crippen molar-refractivity contribution in [1.82, 2.24) is 4.98 Å². The molecule has 0 saturated heterocycles. The summed E-state index contributed by atoms with van der Waals surface area (Å²) < 4.78 is 0. The van der Waals surface area contributed by atoms with Gasteiger partial charge in [-0.25, -0.2) is 0 Å². The molecule has 3 N–H and O–H groups in total. The number of carbonyl (C=O) groups excluding carboxylic acids is 1. The standard InChI is InChI=1S/C16H20N4O/c1-10-5-7-14(11(2)18-10)19-16(21)12-6-8-15(20(3)4)13(17)9-12/h5-9H,17H2,1-4H3,(H,19,21). The summed E-state index contributed by atoms with van der Waals surface area (Å²) in [6.07, 6.45) is 0. The molecule has 0 saturated carbocycles. The molecule has 1 aromatic heterocycles. The number of anilines is 3. The minimum atomic E-state index is -0.194. The molecule has 110 valence electrons. The molecule has 1 heterocycles. The van der Waals surface area contributed by atoms with Crippen LogP contribution in [-0.4, -0.2) is 25.0 Å². The molecule has 2 aromatic rings. The van der Waals surface area contributed by atoms with Gasteiger partial charge in [-0.05, 0) is 44.2 Å². The van der Waals surface area contributed by atoms with E-state index in [9.17, 15) is 4.79 Å². The molecule has 0 aliphatic heterocycles. The van der Waals surface area contributed by atoms with Gasteiger partial charge >= 0.3 is 0 Å². The summed E-state index contributed by atoms with van der Waals surface area (Å²) in [5.41, 5.74) is 10.4. The highest BCUT2D eigenvalue weighted by Gasteiger charge is 2.11. The first-order chi connectivity index (χ1) is 9.88. The van der Waals surface area contributed by atoms with Crippen molar-refractivity contribution < 1.29 is 4.79 Å². The van der Waals surface area contributed by atoms with Crippen LogP contribution in [0.4, 0.5) is 17.1 Å². The lowest BCUT2D eigenvalue weighted by Crippen LogP contribution is -2.15. The lowest BCUT2D eigenvalue weighted by molar-refractivity contribution is 0.102. The van der Waals surface area contributed by atoms with Gasteiger partial charge in [0.2, 0.25) is 0 Å². The molecule has 0 aliphatic rings. The van der Waals surface area contributed by atoms with Crippen LogP contribution in [-0.2, 0) is 0 Å². The summed E-state index contributed by atoms with van der Waals surface area (Å²) in [6, 6.07) is 9.00. The van der Waals surface area contributed by atoms with E-state index in [1.165, 1.54) is 0 Å². The van der Waals surface area contributed by atoms with Crippen molar-refractivity contribution in [2.45, 2.75) is 13.8 Å². The van der Waals surface area contributed by atoms with Gasteiger partial charge in [-0.3, -0.25) is 9.78 Å². The molecule has 2 rings (SSSR count). The number of aryl methyl sites for hydroxylation is 2. The van der Waals surface area contributed by atoms with Crippen LogP contribution in [0.25, 0.3) is 0 Å². The largest absolute Gasteiger partial charge is 0.397 e. The topological polar surface area (TPSA) is 71.2 Å². The minimum absolute atomic E-state index is 0.194. The first-order valence-electron chi connectivity index (χ1n) is 6.71. The molecule has 0 atom stereocenters. The maximum atomic E-state index is 12.3. The Morgan fingerprint density at radius 2 is 1.90 bits per heavy atom. The lowest BCUT2D eigenvalue weighted by Gasteiger charge is -2.16. The van der Waals surface area contributed by atoms with Crippen molar-refractivity contribution in [2.24, 2.45) is 0 Å². The number of nitrogens with one attached hydrogen (secondary N) is 1. The van der Waals surface area contributed by atoms with Crippen LogP contribution in [0.1, 0.15) is 21.7 Å². The van der Waals surface area contributed by atoms with Gasteiger partial charge in [-0.2, -0.15) is 0 Å². The van der Waals surface area contributed by atoms with Crippen LogP contribution >= 0.6 is 0 Å². The second-order valence-corrected chi connectivity index (χ2v) is 5.21. The van der Waals surface area contributed by atoms with E-state index in [-0.39, 0.29) is 5.91 Å². The molecule has 0 bridgehead atoms. The number of hydrogen-bond acceptors (Lipinski definition) is 4. The number of pyridine rings is 1. The second kappa shape index (κ2) is 5.83. The van der Waals surface area contributed by atoms with E-state index in [1.54, 1.807) is 12.1 Å². The van der Waals surface area contributed by atoms with Gasteiger partial charge < -0.3 is 16.0 Å². The highest BCUT2D eigenvalue weighted by Crippen LogP contribution is 2.23. The smallest absolute Gasteiger partial charge is 0.255 e. The number of amides is 1. The molecule has 1 aromatic carbocycles. The van der Waals surface area contributed by atoms with Gasteiger partial charge in [0.25, 0.3) is 5.91 Å². The Hall–Kier alpha value is -2.56. The van der Waals surface area contributed by atoms with Crippen molar-refractivity contribution in [2.75, 3.05) is 30.0 Å². The quantitative estimate of drug-likeness (QED) is 0.850. The number of carbonyl (C=O) groups is 1. The molecule has 0 fully saturated rings. The third-order valence-electron chi connectivity index (χ3n) is 3.24. The number of aromatic nitrogens is 1. The van der Waals surface area contributed by atoms with E-state index in [0.717, 1.165) is 17.1 Å². The average Bonchev–Trinajstić information content (AvgIpc) is 2.41. The van der Waals surface area contributed by atoms with Crippen molar-refractivity contribution in [3.63, 3.8) is 0 Å². The maximum Gasteiger partial charge on any atom is 0.255 e. The van der Waals surface area contributed by atoms with Crippen LogP contribution in [0, 0.1) is 13.8 Å². The van der Waals surface area contributed by atoms with Gasteiger partial charge in [0.1, 0.15) is 0 Å². The SMILES string of the molecule is Cc1ccc(NC(=O)c2ccc(N(C)C)c(N)c2)c(C)n1. The zero-order valence-electron chi connectivity index (χ0n) is 12.8. The summed E-state index contributed by atoms with van der Waals surface area (Å²) in [5, 5.41) is 2.86. The van der Waals surface area contributed by atoms with Gasteiger partial charge in [-0.1, -0.05) is 0 Å². The Labute approximate surface area is 124 Å². The van der Waals surface area contributed by atoms with Gasteiger partial charge in [0, 0.05) is 25.4 Å². The molecule has 5 heteroatoms. The minimum Gasteiger partial charge on any atom is -0.397 e.